The van der Waals surface area contributed by atoms with Crippen LogP contribution in [0.4, 0.5) is 0 Å². The van der Waals surface area contributed by atoms with Crippen LogP contribution in [0.1, 0.15) is 23.6 Å². The van der Waals surface area contributed by atoms with Gasteiger partial charge in [-0.3, -0.25) is 4.90 Å². The molecule has 0 radical (unpaired) electrons. The van der Waals surface area contributed by atoms with Crippen molar-refractivity contribution < 1.29 is 0 Å². The van der Waals surface area contributed by atoms with E-state index in [1.54, 1.807) is 0 Å². The predicted molar refractivity (Wildman–Crippen MR) is 80.0 cm³/mol. The highest BCUT2D eigenvalue weighted by Crippen LogP contribution is 2.32. The Morgan fingerprint density at radius 3 is 1.95 bits per heavy atom. The van der Waals surface area contributed by atoms with E-state index in [2.05, 4.69) is 59.5 Å². The summed E-state index contributed by atoms with van der Waals surface area (Å²) < 4.78 is 0. The Labute approximate surface area is 120 Å². The summed E-state index contributed by atoms with van der Waals surface area (Å²) in [5, 5.41) is 9.13. The SMILES string of the molecule is N#CC1CCN(C(c2ccccc2)c2ccccc2)C1. The summed E-state index contributed by atoms with van der Waals surface area (Å²) in [7, 11) is 0. The quantitative estimate of drug-likeness (QED) is 0.844. The van der Waals surface area contributed by atoms with Crippen LogP contribution in [-0.2, 0) is 0 Å². The van der Waals surface area contributed by atoms with Gasteiger partial charge >= 0.3 is 0 Å². The molecule has 2 aromatic rings. The zero-order valence-electron chi connectivity index (χ0n) is 11.4. The fourth-order valence-corrected chi connectivity index (χ4v) is 3.01. The topological polar surface area (TPSA) is 27.0 Å². The molecule has 2 nitrogen and oxygen atoms in total. The first-order valence-electron chi connectivity index (χ1n) is 7.12. The van der Waals surface area contributed by atoms with Crippen molar-refractivity contribution in [2.45, 2.75) is 12.5 Å². The molecule has 0 aliphatic carbocycles. The first-order valence-corrected chi connectivity index (χ1v) is 7.12. The van der Waals surface area contributed by atoms with E-state index in [9.17, 15) is 0 Å². The summed E-state index contributed by atoms with van der Waals surface area (Å²) in [5.74, 6) is 0.171. The second-order valence-electron chi connectivity index (χ2n) is 5.33. The fourth-order valence-electron chi connectivity index (χ4n) is 3.01. The van der Waals surface area contributed by atoms with Crippen LogP contribution in [0.5, 0.6) is 0 Å². The maximum absolute atomic E-state index is 9.13. The van der Waals surface area contributed by atoms with Crippen molar-refractivity contribution in [3.63, 3.8) is 0 Å². The van der Waals surface area contributed by atoms with Crippen LogP contribution in [0.25, 0.3) is 0 Å². The van der Waals surface area contributed by atoms with E-state index >= 15 is 0 Å². The average Bonchev–Trinajstić information content (AvgIpc) is 2.98. The monoisotopic (exact) mass is 262 g/mol. The lowest BCUT2D eigenvalue weighted by molar-refractivity contribution is 0.276. The maximum atomic E-state index is 9.13. The Kier molecular flexibility index (Phi) is 3.80. The molecular weight excluding hydrogens is 244 g/mol. The molecule has 0 spiro atoms. The van der Waals surface area contributed by atoms with Crippen molar-refractivity contribution in [1.82, 2.24) is 4.90 Å². The molecule has 0 saturated carbocycles. The summed E-state index contributed by atoms with van der Waals surface area (Å²) in [6.07, 6.45) is 0.979. The molecule has 1 aliphatic rings. The summed E-state index contributed by atoms with van der Waals surface area (Å²) in [4.78, 5) is 2.43. The van der Waals surface area contributed by atoms with E-state index in [0.29, 0.717) is 0 Å². The van der Waals surface area contributed by atoms with Gasteiger partial charge in [-0.05, 0) is 17.5 Å². The Balaban J connectivity index is 1.95. The molecule has 0 amide bonds. The van der Waals surface area contributed by atoms with Gasteiger partial charge in [0.2, 0.25) is 0 Å². The van der Waals surface area contributed by atoms with Gasteiger partial charge in [0.15, 0.2) is 0 Å². The smallest absolute Gasteiger partial charge is 0.0669 e. The molecule has 2 heteroatoms. The second-order valence-corrected chi connectivity index (χ2v) is 5.33. The van der Waals surface area contributed by atoms with E-state index in [4.69, 9.17) is 5.26 Å². The minimum absolute atomic E-state index is 0.171. The van der Waals surface area contributed by atoms with Gasteiger partial charge in [0.05, 0.1) is 18.0 Å². The van der Waals surface area contributed by atoms with Crippen molar-refractivity contribution >= 4 is 0 Å². The Hall–Kier alpha value is -2.11. The number of benzene rings is 2. The molecule has 100 valence electrons. The largest absolute Gasteiger partial charge is 0.291 e. The second kappa shape index (κ2) is 5.90. The van der Waals surface area contributed by atoms with E-state index in [1.807, 2.05) is 12.1 Å². The summed E-state index contributed by atoms with van der Waals surface area (Å²) in [5.41, 5.74) is 2.61. The normalized spacial score (nSPS) is 19.1. The minimum atomic E-state index is 0.171. The van der Waals surface area contributed by atoms with Gasteiger partial charge in [-0.15, -0.1) is 0 Å². The first kappa shape index (κ1) is 12.9. The van der Waals surface area contributed by atoms with Crippen molar-refractivity contribution in [2.75, 3.05) is 13.1 Å². The molecule has 1 aliphatic heterocycles. The molecule has 1 heterocycles. The highest BCUT2D eigenvalue weighted by atomic mass is 15.2. The Morgan fingerprint density at radius 1 is 0.950 bits per heavy atom. The number of nitrogens with zero attached hydrogens (tertiary/aromatic N) is 2. The molecular formula is C18H18N2. The van der Waals surface area contributed by atoms with Gasteiger partial charge in [-0.2, -0.15) is 5.26 Å². The van der Waals surface area contributed by atoms with Crippen LogP contribution in [0.2, 0.25) is 0 Å². The van der Waals surface area contributed by atoms with Crippen molar-refractivity contribution in [1.29, 1.82) is 5.26 Å². The Morgan fingerprint density at radius 2 is 1.50 bits per heavy atom. The maximum Gasteiger partial charge on any atom is 0.0669 e. The van der Waals surface area contributed by atoms with Crippen LogP contribution in [0.3, 0.4) is 0 Å². The van der Waals surface area contributed by atoms with Gasteiger partial charge in [0.25, 0.3) is 0 Å². The summed E-state index contributed by atoms with van der Waals surface area (Å²) in [6.45, 7) is 1.86. The third-order valence-electron chi connectivity index (χ3n) is 4.00. The summed E-state index contributed by atoms with van der Waals surface area (Å²) >= 11 is 0. The number of nitriles is 1. The Bertz CT molecular complexity index is 546. The lowest BCUT2D eigenvalue weighted by Gasteiger charge is -2.28. The summed E-state index contributed by atoms with van der Waals surface area (Å²) in [6, 6.07) is 23.8. The lowest BCUT2D eigenvalue weighted by Crippen LogP contribution is -2.27. The molecule has 1 unspecified atom stereocenters. The molecule has 2 aromatic carbocycles. The first-order chi connectivity index (χ1) is 9.88. The zero-order valence-corrected chi connectivity index (χ0v) is 11.4. The molecule has 1 fully saturated rings. The van der Waals surface area contributed by atoms with Crippen molar-refractivity contribution in [3.05, 3.63) is 71.8 Å². The van der Waals surface area contributed by atoms with E-state index in [1.165, 1.54) is 11.1 Å². The van der Waals surface area contributed by atoms with Crippen LogP contribution in [-0.4, -0.2) is 18.0 Å². The van der Waals surface area contributed by atoms with Crippen molar-refractivity contribution in [2.24, 2.45) is 5.92 Å². The predicted octanol–water partition coefficient (Wildman–Crippen LogP) is 3.62. The number of rotatable bonds is 3. The zero-order chi connectivity index (χ0) is 13.8. The van der Waals surface area contributed by atoms with Crippen LogP contribution >= 0.6 is 0 Å². The molecule has 3 rings (SSSR count). The van der Waals surface area contributed by atoms with Crippen LogP contribution in [0.15, 0.2) is 60.7 Å². The molecule has 1 atom stereocenters. The molecule has 1 saturated heterocycles. The third-order valence-corrected chi connectivity index (χ3v) is 4.00. The van der Waals surface area contributed by atoms with Gasteiger partial charge in [0.1, 0.15) is 0 Å². The highest BCUT2D eigenvalue weighted by Gasteiger charge is 2.29. The lowest BCUT2D eigenvalue weighted by atomic mass is 9.97. The van der Waals surface area contributed by atoms with E-state index < -0.39 is 0 Å². The van der Waals surface area contributed by atoms with Crippen LogP contribution < -0.4 is 0 Å². The average molecular weight is 262 g/mol. The van der Waals surface area contributed by atoms with Crippen molar-refractivity contribution in [3.8, 4) is 6.07 Å². The van der Waals surface area contributed by atoms with Gasteiger partial charge in [-0.25, -0.2) is 0 Å². The molecule has 20 heavy (non-hydrogen) atoms. The van der Waals surface area contributed by atoms with Gasteiger partial charge < -0.3 is 0 Å². The van der Waals surface area contributed by atoms with Gasteiger partial charge in [-0.1, -0.05) is 60.7 Å². The van der Waals surface area contributed by atoms with Crippen LogP contribution in [0, 0.1) is 17.2 Å². The minimum Gasteiger partial charge on any atom is -0.291 e. The number of hydrogen-bond donors (Lipinski definition) is 0. The van der Waals surface area contributed by atoms with E-state index in [-0.39, 0.29) is 12.0 Å². The third kappa shape index (κ3) is 2.59. The number of hydrogen-bond acceptors (Lipinski definition) is 2. The fraction of sp³-hybridized carbons (Fsp3) is 0.278. The number of likely N-dealkylation sites (tertiary alicyclic amines) is 1. The molecule has 0 bridgehead atoms. The molecule has 0 N–H and O–H groups in total. The van der Waals surface area contributed by atoms with Gasteiger partial charge in [0, 0.05) is 13.1 Å². The highest BCUT2D eigenvalue weighted by molar-refractivity contribution is 5.32. The van der Waals surface area contributed by atoms with E-state index in [0.717, 1.165) is 19.5 Å². The molecule has 0 aromatic heterocycles. The standard InChI is InChI=1S/C18H18N2/c19-13-15-11-12-20(14-15)18(16-7-3-1-4-8-16)17-9-5-2-6-10-17/h1-10,15,18H,11-12,14H2.